The molecule has 1 aromatic heterocycles. The summed E-state index contributed by atoms with van der Waals surface area (Å²) < 4.78 is 14.0. The summed E-state index contributed by atoms with van der Waals surface area (Å²) in [5.74, 6) is 1.37. The van der Waals surface area contributed by atoms with Crippen LogP contribution in [0.3, 0.4) is 0 Å². The van der Waals surface area contributed by atoms with Crippen LogP contribution in [-0.2, 0) is 11.8 Å². The lowest BCUT2D eigenvalue weighted by atomic mass is 9.76. The maximum Gasteiger partial charge on any atom is 0.140 e. The van der Waals surface area contributed by atoms with Crippen LogP contribution in [0.4, 0.5) is 15.9 Å². The smallest absolute Gasteiger partial charge is 0.140 e. The fourth-order valence-corrected chi connectivity index (χ4v) is 5.00. The Balaban J connectivity index is 1.67. The van der Waals surface area contributed by atoms with Gasteiger partial charge in [-0.1, -0.05) is 6.92 Å². The molecule has 3 aliphatic rings. The van der Waals surface area contributed by atoms with Crippen LogP contribution < -0.4 is 10.2 Å². The first-order chi connectivity index (χ1) is 12.2. The minimum absolute atomic E-state index is 0.0185. The zero-order chi connectivity index (χ0) is 17.0. The van der Waals surface area contributed by atoms with Crippen LogP contribution in [0.2, 0.25) is 0 Å². The number of aryl methyl sites for hydroxylation is 1. The van der Waals surface area contributed by atoms with Gasteiger partial charge in [0.2, 0.25) is 0 Å². The maximum atomic E-state index is 14.0. The van der Waals surface area contributed by atoms with Gasteiger partial charge in [0.1, 0.15) is 18.0 Å². The first kappa shape index (κ1) is 15.3. The third-order valence-electron chi connectivity index (χ3n) is 6.26. The number of hydrogen-bond donors (Lipinski definition) is 1. The van der Waals surface area contributed by atoms with Gasteiger partial charge in [0.05, 0.1) is 0 Å². The lowest BCUT2D eigenvalue weighted by Crippen LogP contribution is -2.46. The van der Waals surface area contributed by atoms with Crippen LogP contribution in [0.25, 0.3) is 0 Å². The minimum Gasteiger partial charge on any atom is -0.325 e. The topological polar surface area (TPSA) is 41.1 Å². The molecule has 1 spiro atoms. The largest absolute Gasteiger partial charge is 0.325 e. The summed E-state index contributed by atoms with van der Waals surface area (Å²) in [5, 5.41) is 3.53. The molecule has 5 heteroatoms. The van der Waals surface area contributed by atoms with Gasteiger partial charge in [-0.3, -0.25) is 0 Å². The van der Waals surface area contributed by atoms with Crippen molar-refractivity contribution in [3.63, 3.8) is 0 Å². The quantitative estimate of drug-likeness (QED) is 0.865. The van der Waals surface area contributed by atoms with Gasteiger partial charge in [-0.05, 0) is 61.9 Å². The van der Waals surface area contributed by atoms with Crippen molar-refractivity contribution in [3.8, 4) is 0 Å². The van der Waals surface area contributed by atoms with E-state index in [0.717, 1.165) is 62.4 Å². The van der Waals surface area contributed by atoms with E-state index in [2.05, 4.69) is 27.1 Å². The Labute approximate surface area is 147 Å². The average Bonchev–Trinajstić information content (AvgIpc) is 3.15. The van der Waals surface area contributed by atoms with E-state index in [1.807, 2.05) is 6.07 Å². The molecule has 1 aromatic carbocycles. The zero-order valence-corrected chi connectivity index (χ0v) is 14.6. The summed E-state index contributed by atoms with van der Waals surface area (Å²) in [6, 6.07) is 5.25. The highest BCUT2D eigenvalue weighted by molar-refractivity contribution is 5.73. The van der Waals surface area contributed by atoms with Gasteiger partial charge in [-0.25, -0.2) is 14.4 Å². The number of benzene rings is 1. The second-order valence-corrected chi connectivity index (χ2v) is 7.81. The third-order valence-corrected chi connectivity index (χ3v) is 6.26. The molecule has 1 saturated heterocycles. The molecule has 2 atom stereocenters. The van der Waals surface area contributed by atoms with Crippen molar-refractivity contribution in [1.29, 1.82) is 0 Å². The normalized spacial score (nSPS) is 27.6. The molecule has 1 N–H and O–H groups in total. The number of fused-ring (bicyclic) bond motifs is 3. The summed E-state index contributed by atoms with van der Waals surface area (Å²) in [5.41, 5.74) is 4.71. The molecule has 1 fully saturated rings. The van der Waals surface area contributed by atoms with Crippen molar-refractivity contribution in [3.05, 3.63) is 47.2 Å². The lowest BCUT2D eigenvalue weighted by Gasteiger charge is -2.35. The van der Waals surface area contributed by atoms with Crippen molar-refractivity contribution in [2.45, 2.75) is 43.9 Å². The van der Waals surface area contributed by atoms with E-state index in [-0.39, 0.29) is 11.2 Å². The van der Waals surface area contributed by atoms with Crippen LogP contribution in [0.1, 0.15) is 48.9 Å². The summed E-state index contributed by atoms with van der Waals surface area (Å²) in [4.78, 5) is 11.5. The molecule has 2 aromatic rings. The molecular formula is C20H23FN4. The highest BCUT2D eigenvalue weighted by atomic mass is 19.1. The Morgan fingerprint density at radius 2 is 2.24 bits per heavy atom. The zero-order valence-electron chi connectivity index (χ0n) is 14.6. The van der Waals surface area contributed by atoms with E-state index < -0.39 is 0 Å². The van der Waals surface area contributed by atoms with Gasteiger partial charge in [0.15, 0.2) is 0 Å². The van der Waals surface area contributed by atoms with Crippen molar-refractivity contribution in [2.24, 2.45) is 0 Å². The number of nitrogens with zero attached hydrogens (tertiary/aromatic N) is 3. The molecule has 25 heavy (non-hydrogen) atoms. The van der Waals surface area contributed by atoms with Gasteiger partial charge >= 0.3 is 0 Å². The Hall–Kier alpha value is -2.01. The molecule has 130 valence electrons. The van der Waals surface area contributed by atoms with Gasteiger partial charge in [-0.2, -0.15) is 0 Å². The fraction of sp³-hybridized carbons (Fsp3) is 0.500. The maximum absolute atomic E-state index is 14.0. The fourth-order valence-electron chi connectivity index (χ4n) is 5.00. The highest BCUT2D eigenvalue weighted by Gasteiger charge is 2.45. The standard InChI is InChI=1S/C20H23FN4/c1-13-3-5-16-18(13)19(24-12-23-16)25-11-20(7-2-8-22-10-20)15-9-14(21)4-6-17(15)25/h4,6,9,12-13,22H,2-3,5,7-8,10-11H2,1H3/t13-,20-/m1/s1. The number of nitrogens with one attached hydrogen (secondary N) is 1. The van der Waals surface area contributed by atoms with Crippen LogP contribution in [-0.4, -0.2) is 29.6 Å². The summed E-state index contributed by atoms with van der Waals surface area (Å²) in [6.45, 7) is 5.09. The molecular weight excluding hydrogens is 315 g/mol. The highest BCUT2D eigenvalue weighted by Crippen LogP contribution is 2.49. The summed E-state index contributed by atoms with van der Waals surface area (Å²) in [6.07, 6.45) is 6.08. The Morgan fingerprint density at radius 1 is 1.32 bits per heavy atom. The predicted molar refractivity (Wildman–Crippen MR) is 96.0 cm³/mol. The molecule has 0 bridgehead atoms. The van der Waals surface area contributed by atoms with Crippen LogP contribution in [0, 0.1) is 5.82 Å². The average molecular weight is 338 g/mol. The van der Waals surface area contributed by atoms with Crippen LogP contribution in [0.5, 0.6) is 0 Å². The van der Waals surface area contributed by atoms with Crippen molar-refractivity contribution in [2.75, 3.05) is 24.5 Å². The van der Waals surface area contributed by atoms with Crippen LogP contribution >= 0.6 is 0 Å². The molecule has 2 aliphatic heterocycles. The Bertz CT molecular complexity index is 828. The van der Waals surface area contributed by atoms with Gasteiger partial charge < -0.3 is 10.2 Å². The van der Waals surface area contributed by atoms with E-state index in [1.165, 1.54) is 11.3 Å². The predicted octanol–water partition coefficient (Wildman–Crippen LogP) is 3.44. The van der Waals surface area contributed by atoms with E-state index in [0.29, 0.717) is 5.92 Å². The number of aromatic nitrogens is 2. The van der Waals surface area contributed by atoms with Gasteiger partial charge in [0.25, 0.3) is 0 Å². The molecule has 0 radical (unpaired) electrons. The number of hydrogen-bond acceptors (Lipinski definition) is 4. The first-order valence-electron chi connectivity index (χ1n) is 9.30. The van der Waals surface area contributed by atoms with E-state index in [9.17, 15) is 4.39 Å². The van der Waals surface area contributed by atoms with Crippen molar-refractivity contribution >= 4 is 11.5 Å². The van der Waals surface area contributed by atoms with Gasteiger partial charge in [0, 0.05) is 35.4 Å². The number of piperidine rings is 1. The monoisotopic (exact) mass is 338 g/mol. The first-order valence-corrected chi connectivity index (χ1v) is 9.30. The second-order valence-electron chi connectivity index (χ2n) is 7.81. The molecule has 0 unspecified atom stereocenters. The Morgan fingerprint density at radius 3 is 3.08 bits per heavy atom. The minimum atomic E-state index is -0.146. The van der Waals surface area contributed by atoms with Crippen molar-refractivity contribution in [1.82, 2.24) is 15.3 Å². The van der Waals surface area contributed by atoms with E-state index in [1.54, 1.807) is 18.5 Å². The van der Waals surface area contributed by atoms with Crippen molar-refractivity contribution < 1.29 is 4.39 Å². The second kappa shape index (κ2) is 5.49. The molecule has 4 nitrogen and oxygen atoms in total. The number of halogens is 1. The summed E-state index contributed by atoms with van der Waals surface area (Å²) in [7, 11) is 0. The van der Waals surface area contributed by atoms with E-state index >= 15 is 0 Å². The lowest BCUT2D eigenvalue weighted by molar-refractivity contribution is 0.332. The van der Waals surface area contributed by atoms with Crippen LogP contribution in [0.15, 0.2) is 24.5 Å². The SMILES string of the molecule is C[C@@H]1CCc2ncnc(N3C[C@]4(CCCNC4)c4cc(F)ccc43)c21. The molecule has 0 saturated carbocycles. The molecule has 0 amide bonds. The third kappa shape index (κ3) is 2.21. The van der Waals surface area contributed by atoms with E-state index in [4.69, 9.17) is 0 Å². The summed E-state index contributed by atoms with van der Waals surface area (Å²) >= 11 is 0. The molecule has 3 heterocycles. The van der Waals surface area contributed by atoms with Gasteiger partial charge in [-0.15, -0.1) is 0 Å². The molecule has 5 rings (SSSR count). The Kier molecular flexibility index (Phi) is 3.35. The molecule has 1 aliphatic carbocycles. The number of rotatable bonds is 1. The number of anilines is 2.